The fraction of sp³-hybridized carbons (Fsp3) is 1.00. The van der Waals surface area contributed by atoms with Gasteiger partial charge in [0.2, 0.25) is 0 Å². The second kappa shape index (κ2) is 6.75. The first-order valence-electron chi connectivity index (χ1n) is 7.42. The Hall–Kier alpha value is -0.0800. The summed E-state index contributed by atoms with van der Waals surface area (Å²) < 4.78 is 0. The molecule has 1 rings (SSSR count). The van der Waals surface area contributed by atoms with Gasteiger partial charge in [-0.3, -0.25) is 4.90 Å². The SMILES string of the molecule is CCCNC(CN1CCCCC1C)C(C)(C)C. The molecule has 2 nitrogen and oxygen atoms in total. The van der Waals surface area contributed by atoms with Gasteiger partial charge in [0.1, 0.15) is 0 Å². The van der Waals surface area contributed by atoms with Crippen molar-refractivity contribution in [3.63, 3.8) is 0 Å². The lowest BCUT2D eigenvalue weighted by atomic mass is 9.85. The molecule has 0 saturated carbocycles. The van der Waals surface area contributed by atoms with Gasteiger partial charge >= 0.3 is 0 Å². The molecule has 2 heteroatoms. The quantitative estimate of drug-likeness (QED) is 0.793. The topological polar surface area (TPSA) is 15.3 Å². The molecule has 2 atom stereocenters. The molecule has 0 bridgehead atoms. The summed E-state index contributed by atoms with van der Waals surface area (Å²) in [6, 6.07) is 1.39. The van der Waals surface area contributed by atoms with Gasteiger partial charge in [0.05, 0.1) is 0 Å². The number of likely N-dealkylation sites (tertiary alicyclic amines) is 1. The summed E-state index contributed by atoms with van der Waals surface area (Å²) in [4.78, 5) is 2.68. The lowest BCUT2D eigenvalue weighted by Gasteiger charge is -2.40. The van der Waals surface area contributed by atoms with Crippen LogP contribution in [0, 0.1) is 5.41 Å². The molecule has 0 aromatic heterocycles. The van der Waals surface area contributed by atoms with Crippen molar-refractivity contribution >= 4 is 0 Å². The van der Waals surface area contributed by atoms with Crippen molar-refractivity contribution in [2.24, 2.45) is 5.41 Å². The fourth-order valence-electron chi connectivity index (χ4n) is 2.63. The van der Waals surface area contributed by atoms with E-state index in [2.05, 4.69) is 44.8 Å². The predicted octanol–water partition coefficient (Wildman–Crippen LogP) is 3.28. The summed E-state index contributed by atoms with van der Waals surface area (Å²) in [5, 5.41) is 3.74. The van der Waals surface area contributed by atoms with Crippen molar-refractivity contribution in [2.45, 2.75) is 72.4 Å². The molecule has 0 aromatic rings. The highest BCUT2D eigenvalue weighted by Gasteiger charge is 2.28. The minimum Gasteiger partial charge on any atom is -0.312 e. The summed E-state index contributed by atoms with van der Waals surface area (Å²) in [5.41, 5.74) is 0.354. The normalized spacial score (nSPS) is 24.9. The van der Waals surface area contributed by atoms with Gasteiger partial charge in [-0.15, -0.1) is 0 Å². The Balaban J connectivity index is 2.52. The van der Waals surface area contributed by atoms with E-state index in [1.807, 2.05) is 0 Å². The Bertz CT molecular complexity index is 207. The van der Waals surface area contributed by atoms with E-state index < -0.39 is 0 Å². The van der Waals surface area contributed by atoms with Gasteiger partial charge in [-0.2, -0.15) is 0 Å². The van der Waals surface area contributed by atoms with Crippen LogP contribution >= 0.6 is 0 Å². The highest BCUT2D eigenvalue weighted by atomic mass is 15.2. The molecule has 1 heterocycles. The minimum atomic E-state index is 0.354. The third-order valence-corrected chi connectivity index (χ3v) is 4.04. The molecule has 1 aliphatic heterocycles. The number of rotatable bonds is 5. The second-order valence-corrected chi connectivity index (χ2v) is 6.71. The summed E-state index contributed by atoms with van der Waals surface area (Å²) in [6.07, 6.45) is 5.40. The largest absolute Gasteiger partial charge is 0.312 e. The van der Waals surface area contributed by atoms with Crippen LogP contribution in [0.5, 0.6) is 0 Å². The molecular formula is C15H32N2. The van der Waals surface area contributed by atoms with Gasteiger partial charge in [-0.1, -0.05) is 34.1 Å². The van der Waals surface area contributed by atoms with E-state index in [1.54, 1.807) is 0 Å². The zero-order valence-corrected chi connectivity index (χ0v) is 12.6. The van der Waals surface area contributed by atoms with E-state index in [1.165, 1.54) is 38.8 Å². The van der Waals surface area contributed by atoms with E-state index in [-0.39, 0.29) is 0 Å². The summed E-state index contributed by atoms with van der Waals surface area (Å²) in [5.74, 6) is 0. The molecule has 2 unspecified atom stereocenters. The van der Waals surface area contributed by atoms with Gasteiger partial charge in [0.15, 0.2) is 0 Å². The third-order valence-electron chi connectivity index (χ3n) is 4.04. The number of nitrogens with zero attached hydrogens (tertiary/aromatic N) is 1. The van der Waals surface area contributed by atoms with E-state index in [0.717, 1.165) is 12.6 Å². The molecule has 0 aliphatic carbocycles. The van der Waals surface area contributed by atoms with Gasteiger partial charge < -0.3 is 5.32 Å². The van der Waals surface area contributed by atoms with Crippen molar-refractivity contribution in [1.82, 2.24) is 10.2 Å². The molecule has 102 valence electrons. The molecule has 1 saturated heterocycles. The Morgan fingerprint density at radius 2 is 2.00 bits per heavy atom. The van der Waals surface area contributed by atoms with Crippen LogP contribution in [-0.4, -0.2) is 36.6 Å². The van der Waals surface area contributed by atoms with Gasteiger partial charge in [0, 0.05) is 18.6 Å². The van der Waals surface area contributed by atoms with Crippen molar-refractivity contribution in [3.8, 4) is 0 Å². The summed E-state index contributed by atoms with van der Waals surface area (Å²) in [6.45, 7) is 15.4. The predicted molar refractivity (Wildman–Crippen MR) is 76.4 cm³/mol. The van der Waals surface area contributed by atoms with Crippen LogP contribution in [0.3, 0.4) is 0 Å². The monoisotopic (exact) mass is 240 g/mol. The molecule has 0 spiro atoms. The van der Waals surface area contributed by atoms with Gasteiger partial charge in [0.25, 0.3) is 0 Å². The molecule has 1 aliphatic rings. The number of hydrogen-bond acceptors (Lipinski definition) is 2. The Morgan fingerprint density at radius 1 is 1.29 bits per heavy atom. The van der Waals surface area contributed by atoms with Crippen LogP contribution in [0.25, 0.3) is 0 Å². The molecule has 0 amide bonds. The summed E-state index contributed by atoms with van der Waals surface area (Å²) in [7, 11) is 0. The fourth-order valence-corrected chi connectivity index (χ4v) is 2.63. The van der Waals surface area contributed by atoms with Gasteiger partial charge in [-0.25, -0.2) is 0 Å². The highest BCUT2D eigenvalue weighted by Crippen LogP contribution is 2.23. The highest BCUT2D eigenvalue weighted by molar-refractivity contribution is 4.86. The lowest BCUT2D eigenvalue weighted by molar-refractivity contribution is 0.112. The second-order valence-electron chi connectivity index (χ2n) is 6.71. The average Bonchev–Trinajstić information content (AvgIpc) is 2.25. The van der Waals surface area contributed by atoms with Gasteiger partial charge in [-0.05, 0) is 44.7 Å². The number of piperidine rings is 1. The van der Waals surface area contributed by atoms with Crippen molar-refractivity contribution in [2.75, 3.05) is 19.6 Å². The van der Waals surface area contributed by atoms with Crippen molar-refractivity contribution < 1.29 is 0 Å². The minimum absolute atomic E-state index is 0.354. The molecule has 17 heavy (non-hydrogen) atoms. The van der Waals surface area contributed by atoms with Crippen LogP contribution in [-0.2, 0) is 0 Å². The van der Waals surface area contributed by atoms with E-state index in [0.29, 0.717) is 11.5 Å². The van der Waals surface area contributed by atoms with Crippen LogP contribution in [0.2, 0.25) is 0 Å². The zero-order chi connectivity index (χ0) is 12.9. The van der Waals surface area contributed by atoms with E-state index >= 15 is 0 Å². The summed E-state index contributed by atoms with van der Waals surface area (Å²) >= 11 is 0. The maximum Gasteiger partial charge on any atom is 0.0243 e. The van der Waals surface area contributed by atoms with Crippen molar-refractivity contribution in [3.05, 3.63) is 0 Å². The van der Waals surface area contributed by atoms with E-state index in [4.69, 9.17) is 0 Å². The third kappa shape index (κ3) is 4.97. The standard InChI is InChI=1S/C15H32N2/c1-6-10-16-14(15(3,4)5)12-17-11-8-7-9-13(17)2/h13-14,16H,6-12H2,1-5H3. The van der Waals surface area contributed by atoms with Crippen molar-refractivity contribution in [1.29, 1.82) is 0 Å². The Kier molecular flexibility index (Phi) is 5.94. The van der Waals surface area contributed by atoms with E-state index in [9.17, 15) is 0 Å². The zero-order valence-electron chi connectivity index (χ0n) is 12.6. The van der Waals surface area contributed by atoms with Crippen LogP contribution in [0.15, 0.2) is 0 Å². The first kappa shape index (κ1) is 15.0. The molecule has 1 N–H and O–H groups in total. The molecule has 0 aromatic carbocycles. The smallest absolute Gasteiger partial charge is 0.0243 e. The molecule has 1 fully saturated rings. The lowest BCUT2D eigenvalue weighted by Crippen LogP contribution is -2.52. The maximum absolute atomic E-state index is 3.74. The van der Waals surface area contributed by atoms with Crippen LogP contribution in [0.1, 0.15) is 60.3 Å². The Morgan fingerprint density at radius 3 is 2.53 bits per heavy atom. The first-order chi connectivity index (χ1) is 7.95. The molecular weight excluding hydrogens is 208 g/mol. The number of nitrogens with one attached hydrogen (secondary N) is 1. The van der Waals surface area contributed by atoms with Crippen LogP contribution in [0.4, 0.5) is 0 Å². The Labute approximate surface area is 108 Å². The molecule has 0 radical (unpaired) electrons. The number of hydrogen-bond donors (Lipinski definition) is 1. The van der Waals surface area contributed by atoms with Crippen LogP contribution < -0.4 is 5.32 Å². The first-order valence-corrected chi connectivity index (χ1v) is 7.42. The average molecular weight is 240 g/mol. The maximum atomic E-state index is 3.74.